The lowest BCUT2D eigenvalue weighted by Gasteiger charge is -2.12. The highest BCUT2D eigenvalue weighted by molar-refractivity contribution is 14.0. The van der Waals surface area contributed by atoms with Gasteiger partial charge in [0.1, 0.15) is 5.75 Å². The van der Waals surface area contributed by atoms with E-state index in [0.29, 0.717) is 12.5 Å². The highest BCUT2D eigenvalue weighted by Gasteiger charge is 2.03. The number of hydrogen-bond donors (Lipinski definition) is 3. The van der Waals surface area contributed by atoms with Crippen molar-refractivity contribution in [1.29, 1.82) is 0 Å². The van der Waals surface area contributed by atoms with Crippen molar-refractivity contribution in [3.05, 3.63) is 29.8 Å². The molecule has 0 aliphatic carbocycles. The summed E-state index contributed by atoms with van der Waals surface area (Å²) in [6.07, 6.45) is 1.99. The molecule has 1 aromatic carbocycles. The molecule has 0 aromatic heterocycles. The van der Waals surface area contributed by atoms with Gasteiger partial charge in [-0.15, -0.1) is 24.0 Å². The van der Waals surface area contributed by atoms with Gasteiger partial charge >= 0.3 is 0 Å². The molecule has 7 nitrogen and oxygen atoms in total. The smallest absolute Gasteiger partial charge is 0.239 e. The molecule has 0 aliphatic rings. The zero-order valence-corrected chi connectivity index (χ0v) is 18.2. The maximum atomic E-state index is 11.9. The fourth-order valence-corrected chi connectivity index (χ4v) is 2.07. The molecule has 3 N–H and O–H groups in total. The van der Waals surface area contributed by atoms with Crippen molar-refractivity contribution in [2.45, 2.75) is 26.3 Å². The minimum absolute atomic E-state index is 0. The number of rotatable bonds is 11. The predicted octanol–water partition coefficient (Wildman–Crippen LogP) is 1.91. The lowest BCUT2D eigenvalue weighted by atomic mass is 10.2. The van der Waals surface area contributed by atoms with Crippen LogP contribution < -0.4 is 20.7 Å². The molecule has 0 atom stereocenters. The molecule has 1 rings (SSSR count). The minimum atomic E-state index is -0.0879. The Balaban J connectivity index is 0.00000625. The Kier molecular flexibility index (Phi) is 14.8. The monoisotopic (exact) mass is 478 g/mol. The van der Waals surface area contributed by atoms with Crippen molar-refractivity contribution in [3.8, 4) is 5.75 Å². The van der Waals surface area contributed by atoms with E-state index in [2.05, 4.69) is 20.9 Å². The minimum Gasteiger partial charge on any atom is -0.497 e. The summed E-state index contributed by atoms with van der Waals surface area (Å²) in [7, 11) is 3.31. The van der Waals surface area contributed by atoms with Crippen LogP contribution in [0.25, 0.3) is 0 Å². The van der Waals surface area contributed by atoms with Crippen LogP contribution in [0.5, 0.6) is 5.75 Å². The molecule has 0 bridgehead atoms. The first-order chi connectivity index (χ1) is 12.2. The van der Waals surface area contributed by atoms with E-state index in [-0.39, 0.29) is 36.4 Å². The highest BCUT2D eigenvalue weighted by Crippen LogP contribution is 2.10. The van der Waals surface area contributed by atoms with Crippen LogP contribution in [0.4, 0.5) is 0 Å². The average Bonchev–Trinajstić information content (AvgIpc) is 2.65. The maximum Gasteiger partial charge on any atom is 0.239 e. The van der Waals surface area contributed by atoms with E-state index in [9.17, 15) is 4.79 Å². The first-order valence-electron chi connectivity index (χ1n) is 8.61. The van der Waals surface area contributed by atoms with Gasteiger partial charge < -0.3 is 25.4 Å². The van der Waals surface area contributed by atoms with Crippen LogP contribution >= 0.6 is 24.0 Å². The third kappa shape index (κ3) is 11.1. The van der Waals surface area contributed by atoms with Crippen LogP contribution in [0.3, 0.4) is 0 Å². The molecule has 0 radical (unpaired) electrons. The number of carbonyl (C=O) groups excluding carboxylic acids is 1. The molecule has 0 unspecified atom stereocenters. The summed E-state index contributed by atoms with van der Waals surface area (Å²) in [6.45, 7) is 4.97. The van der Waals surface area contributed by atoms with Crippen molar-refractivity contribution in [2.24, 2.45) is 4.99 Å². The van der Waals surface area contributed by atoms with Crippen LogP contribution in [0.2, 0.25) is 0 Å². The van der Waals surface area contributed by atoms with Gasteiger partial charge in [-0.1, -0.05) is 12.1 Å². The Hall–Kier alpha value is -1.55. The third-order valence-corrected chi connectivity index (χ3v) is 3.50. The molecule has 1 amide bonds. The molecule has 1 aromatic rings. The van der Waals surface area contributed by atoms with E-state index in [1.54, 1.807) is 14.2 Å². The molecule has 0 heterocycles. The van der Waals surface area contributed by atoms with Gasteiger partial charge in [-0.3, -0.25) is 9.79 Å². The standard InChI is InChI=1S/C18H30N4O3.HI/c1-4-25-12-6-5-11-20-18(19-2)22-14-17(23)21-13-15-7-9-16(24-3)10-8-15;/h7-10H,4-6,11-14H2,1-3H3,(H,21,23)(H2,19,20,22);1H. The number of nitrogens with zero attached hydrogens (tertiary/aromatic N) is 1. The lowest BCUT2D eigenvalue weighted by Crippen LogP contribution is -2.43. The number of hydrogen-bond acceptors (Lipinski definition) is 4. The molecular formula is C18H31IN4O3. The van der Waals surface area contributed by atoms with Crippen molar-refractivity contribution >= 4 is 35.8 Å². The number of guanidine groups is 1. The van der Waals surface area contributed by atoms with E-state index >= 15 is 0 Å². The molecule has 148 valence electrons. The summed E-state index contributed by atoms with van der Waals surface area (Å²) in [6, 6.07) is 7.60. The molecule has 0 saturated carbocycles. The van der Waals surface area contributed by atoms with Gasteiger partial charge in [0.05, 0.1) is 13.7 Å². The molecule has 8 heteroatoms. The van der Waals surface area contributed by atoms with Gasteiger partial charge in [-0.25, -0.2) is 0 Å². The third-order valence-electron chi connectivity index (χ3n) is 3.50. The van der Waals surface area contributed by atoms with Gasteiger partial charge in [0.15, 0.2) is 5.96 Å². The summed E-state index contributed by atoms with van der Waals surface area (Å²) in [5, 5.41) is 9.04. The number of amides is 1. The van der Waals surface area contributed by atoms with Crippen molar-refractivity contribution in [3.63, 3.8) is 0 Å². The number of nitrogens with one attached hydrogen (secondary N) is 3. The predicted molar refractivity (Wildman–Crippen MR) is 115 cm³/mol. The van der Waals surface area contributed by atoms with E-state index in [4.69, 9.17) is 9.47 Å². The van der Waals surface area contributed by atoms with Gasteiger partial charge in [0.2, 0.25) is 5.91 Å². The number of carbonyl (C=O) groups is 1. The summed E-state index contributed by atoms with van der Waals surface area (Å²) in [4.78, 5) is 16.0. The van der Waals surface area contributed by atoms with Gasteiger partial charge in [0, 0.05) is 33.4 Å². The van der Waals surface area contributed by atoms with Gasteiger partial charge in [-0.2, -0.15) is 0 Å². The van der Waals surface area contributed by atoms with E-state index in [0.717, 1.165) is 43.9 Å². The SMILES string of the molecule is CCOCCCCNC(=NC)NCC(=O)NCc1ccc(OC)cc1.I. The van der Waals surface area contributed by atoms with Crippen LogP contribution in [-0.2, 0) is 16.1 Å². The fraction of sp³-hybridized carbons (Fsp3) is 0.556. The number of benzene rings is 1. The Labute approximate surface area is 173 Å². The summed E-state index contributed by atoms with van der Waals surface area (Å²) >= 11 is 0. The molecule has 0 fully saturated rings. The largest absolute Gasteiger partial charge is 0.497 e. The second kappa shape index (κ2) is 15.7. The van der Waals surface area contributed by atoms with E-state index in [1.165, 1.54) is 0 Å². The zero-order valence-electron chi connectivity index (χ0n) is 15.8. The first kappa shape index (κ1) is 24.5. The topological polar surface area (TPSA) is 84.0 Å². The Morgan fingerprint density at radius 2 is 1.85 bits per heavy atom. The fourth-order valence-electron chi connectivity index (χ4n) is 2.07. The number of methoxy groups -OCH3 is 1. The quantitative estimate of drug-likeness (QED) is 0.196. The van der Waals surface area contributed by atoms with E-state index < -0.39 is 0 Å². The number of ether oxygens (including phenoxy) is 2. The Morgan fingerprint density at radius 3 is 2.46 bits per heavy atom. The average molecular weight is 478 g/mol. The maximum absolute atomic E-state index is 11.9. The van der Waals surface area contributed by atoms with Crippen LogP contribution in [0, 0.1) is 0 Å². The number of aliphatic imine (C=N–C) groups is 1. The molecular weight excluding hydrogens is 447 g/mol. The summed E-state index contributed by atoms with van der Waals surface area (Å²) in [5.74, 6) is 1.33. The van der Waals surface area contributed by atoms with Crippen molar-refractivity contribution in [2.75, 3.05) is 40.5 Å². The van der Waals surface area contributed by atoms with Crippen LogP contribution in [-0.4, -0.2) is 52.3 Å². The first-order valence-corrected chi connectivity index (χ1v) is 8.61. The Morgan fingerprint density at radius 1 is 1.12 bits per heavy atom. The highest BCUT2D eigenvalue weighted by atomic mass is 127. The molecule has 0 saturated heterocycles. The molecule has 26 heavy (non-hydrogen) atoms. The normalized spacial score (nSPS) is 10.7. The summed E-state index contributed by atoms with van der Waals surface area (Å²) in [5.41, 5.74) is 1.02. The molecule has 0 spiro atoms. The lowest BCUT2D eigenvalue weighted by molar-refractivity contribution is -0.120. The van der Waals surface area contributed by atoms with Crippen LogP contribution in [0.1, 0.15) is 25.3 Å². The van der Waals surface area contributed by atoms with Gasteiger partial charge in [0.25, 0.3) is 0 Å². The van der Waals surface area contributed by atoms with Gasteiger partial charge in [-0.05, 0) is 37.5 Å². The number of unbranched alkanes of at least 4 members (excludes halogenated alkanes) is 1. The van der Waals surface area contributed by atoms with Crippen molar-refractivity contribution < 1.29 is 14.3 Å². The number of halogens is 1. The second-order valence-corrected chi connectivity index (χ2v) is 5.38. The van der Waals surface area contributed by atoms with E-state index in [1.807, 2.05) is 31.2 Å². The van der Waals surface area contributed by atoms with Crippen LogP contribution in [0.15, 0.2) is 29.3 Å². The Bertz CT molecular complexity index is 524. The molecule has 0 aliphatic heterocycles. The second-order valence-electron chi connectivity index (χ2n) is 5.38. The summed E-state index contributed by atoms with van der Waals surface area (Å²) < 4.78 is 10.4. The van der Waals surface area contributed by atoms with Crippen molar-refractivity contribution in [1.82, 2.24) is 16.0 Å². The zero-order chi connectivity index (χ0) is 18.3.